The van der Waals surface area contributed by atoms with Crippen LogP contribution in [0.1, 0.15) is 45.2 Å². The van der Waals surface area contributed by atoms with E-state index in [1.807, 2.05) is 6.92 Å². The fourth-order valence-electron chi connectivity index (χ4n) is 2.73. The van der Waals surface area contributed by atoms with Crippen molar-refractivity contribution in [2.24, 2.45) is 11.3 Å². The Labute approximate surface area is 105 Å². The van der Waals surface area contributed by atoms with Gasteiger partial charge in [-0.05, 0) is 60.8 Å². The Morgan fingerprint density at radius 3 is 2.65 bits per heavy atom. The van der Waals surface area contributed by atoms with Gasteiger partial charge in [-0.2, -0.15) is 0 Å². The molecule has 0 amide bonds. The van der Waals surface area contributed by atoms with Gasteiger partial charge in [-0.3, -0.25) is 0 Å². The summed E-state index contributed by atoms with van der Waals surface area (Å²) in [7, 11) is 0. The van der Waals surface area contributed by atoms with Gasteiger partial charge in [0, 0.05) is 0 Å². The molecule has 94 valence electrons. The highest BCUT2D eigenvalue weighted by atomic mass is 16.5. The van der Waals surface area contributed by atoms with E-state index >= 15 is 0 Å². The van der Waals surface area contributed by atoms with E-state index in [1.54, 1.807) is 0 Å². The van der Waals surface area contributed by atoms with E-state index in [-0.39, 0.29) is 0 Å². The zero-order valence-electron chi connectivity index (χ0n) is 11.5. The Balaban J connectivity index is 2.20. The number of fused-ring (bicyclic) bond motifs is 1. The number of ether oxygens (including phenoxy) is 1. The molecule has 0 spiro atoms. The predicted octanol–water partition coefficient (Wildman–Crippen LogP) is 4.24. The molecule has 17 heavy (non-hydrogen) atoms. The normalized spacial score (nSPS) is 19.9. The second kappa shape index (κ2) is 4.72. The molecule has 1 aromatic rings. The van der Waals surface area contributed by atoms with Crippen molar-refractivity contribution in [1.82, 2.24) is 0 Å². The summed E-state index contributed by atoms with van der Waals surface area (Å²) >= 11 is 0. The summed E-state index contributed by atoms with van der Waals surface area (Å²) in [5.41, 5.74) is 3.44. The van der Waals surface area contributed by atoms with Crippen LogP contribution in [0.15, 0.2) is 18.2 Å². The molecule has 0 bridgehead atoms. The molecule has 0 radical (unpaired) electrons. The molecular formula is C16H24O. The third-order valence-electron chi connectivity index (χ3n) is 3.94. The van der Waals surface area contributed by atoms with Crippen LogP contribution in [0.5, 0.6) is 5.75 Å². The molecular weight excluding hydrogens is 208 g/mol. The lowest BCUT2D eigenvalue weighted by Gasteiger charge is -2.35. The van der Waals surface area contributed by atoms with Gasteiger partial charge in [0.05, 0.1) is 6.61 Å². The van der Waals surface area contributed by atoms with Crippen molar-refractivity contribution >= 4 is 0 Å². The van der Waals surface area contributed by atoms with Crippen LogP contribution in [0.25, 0.3) is 0 Å². The minimum absolute atomic E-state index is 0.416. The Hall–Kier alpha value is -0.980. The summed E-state index contributed by atoms with van der Waals surface area (Å²) in [5.74, 6) is 1.83. The topological polar surface area (TPSA) is 9.23 Å². The van der Waals surface area contributed by atoms with Crippen LogP contribution in [0.4, 0.5) is 0 Å². The lowest BCUT2D eigenvalue weighted by atomic mass is 9.70. The number of benzene rings is 1. The van der Waals surface area contributed by atoms with Crippen LogP contribution in [-0.4, -0.2) is 6.61 Å². The van der Waals surface area contributed by atoms with Crippen molar-refractivity contribution in [3.8, 4) is 5.75 Å². The molecule has 0 heterocycles. The fourth-order valence-corrected chi connectivity index (χ4v) is 2.73. The maximum Gasteiger partial charge on any atom is 0.119 e. The van der Waals surface area contributed by atoms with E-state index in [9.17, 15) is 0 Å². The van der Waals surface area contributed by atoms with Gasteiger partial charge in [0.25, 0.3) is 0 Å². The number of aryl methyl sites for hydroxylation is 1. The number of hydrogen-bond acceptors (Lipinski definition) is 1. The van der Waals surface area contributed by atoms with E-state index in [0.29, 0.717) is 5.41 Å². The van der Waals surface area contributed by atoms with E-state index in [4.69, 9.17) is 4.74 Å². The van der Waals surface area contributed by atoms with Crippen molar-refractivity contribution < 1.29 is 4.74 Å². The van der Waals surface area contributed by atoms with E-state index in [1.165, 1.54) is 30.4 Å². The third-order valence-corrected chi connectivity index (χ3v) is 3.94. The van der Waals surface area contributed by atoms with Gasteiger partial charge in [0.1, 0.15) is 5.75 Å². The SMILES string of the molecule is CCOc1ccc2c(c1)CC(C(C)(C)C)CC2. The molecule has 1 atom stereocenters. The molecule has 1 aliphatic rings. The molecule has 1 nitrogen and oxygen atoms in total. The molecule has 1 aromatic carbocycles. The van der Waals surface area contributed by atoms with Gasteiger partial charge >= 0.3 is 0 Å². The van der Waals surface area contributed by atoms with Crippen LogP contribution in [0, 0.1) is 11.3 Å². The predicted molar refractivity (Wildman–Crippen MR) is 72.6 cm³/mol. The Bertz CT molecular complexity index is 387. The maximum absolute atomic E-state index is 5.59. The second-order valence-electron chi connectivity index (χ2n) is 6.17. The summed E-state index contributed by atoms with van der Waals surface area (Å²) in [5, 5.41) is 0. The third kappa shape index (κ3) is 2.83. The van der Waals surface area contributed by atoms with E-state index in [0.717, 1.165) is 18.3 Å². The summed E-state index contributed by atoms with van der Waals surface area (Å²) in [4.78, 5) is 0. The van der Waals surface area contributed by atoms with Crippen molar-refractivity contribution in [2.75, 3.05) is 6.61 Å². The highest BCUT2D eigenvalue weighted by molar-refractivity contribution is 5.37. The van der Waals surface area contributed by atoms with Crippen molar-refractivity contribution in [2.45, 2.75) is 47.0 Å². The molecule has 2 rings (SSSR count). The van der Waals surface area contributed by atoms with Crippen molar-refractivity contribution in [3.63, 3.8) is 0 Å². The van der Waals surface area contributed by atoms with Gasteiger partial charge < -0.3 is 4.74 Å². The quantitative estimate of drug-likeness (QED) is 0.741. The molecule has 1 aliphatic carbocycles. The van der Waals surface area contributed by atoms with Crippen LogP contribution < -0.4 is 4.74 Å². The van der Waals surface area contributed by atoms with E-state index < -0.39 is 0 Å². The highest BCUT2D eigenvalue weighted by Gasteiger charge is 2.28. The Morgan fingerprint density at radius 2 is 2.00 bits per heavy atom. The smallest absolute Gasteiger partial charge is 0.119 e. The average molecular weight is 232 g/mol. The van der Waals surface area contributed by atoms with Gasteiger partial charge in [-0.1, -0.05) is 26.8 Å². The standard InChI is InChI=1S/C16H24O/c1-5-17-15-9-7-12-6-8-14(16(2,3)4)10-13(12)11-15/h7,9,11,14H,5-6,8,10H2,1-4H3. The van der Waals surface area contributed by atoms with Crippen LogP contribution in [0.2, 0.25) is 0 Å². The number of rotatable bonds is 2. The molecule has 0 fully saturated rings. The number of hydrogen-bond donors (Lipinski definition) is 0. The zero-order valence-corrected chi connectivity index (χ0v) is 11.5. The van der Waals surface area contributed by atoms with Crippen molar-refractivity contribution in [3.05, 3.63) is 29.3 Å². The average Bonchev–Trinajstić information content (AvgIpc) is 2.27. The molecule has 0 aromatic heterocycles. The first kappa shape index (κ1) is 12.5. The minimum Gasteiger partial charge on any atom is -0.494 e. The Kier molecular flexibility index (Phi) is 3.46. The molecule has 0 aliphatic heterocycles. The molecule has 0 N–H and O–H groups in total. The van der Waals surface area contributed by atoms with Crippen molar-refractivity contribution in [1.29, 1.82) is 0 Å². The monoisotopic (exact) mass is 232 g/mol. The Morgan fingerprint density at radius 1 is 1.24 bits per heavy atom. The largest absolute Gasteiger partial charge is 0.494 e. The lowest BCUT2D eigenvalue weighted by molar-refractivity contribution is 0.215. The summed E-state index contributed by atoms with van der Waals surface area (Å²) in [6.07, 6.45) is 3.76. The molecule has 1 heteroatoms. The first-order valence-electron chi connectivity index (χ1n) is 6.75. The van der Waals surface area contributed by atoms with Gasteiger partial charge in [-0.15, -0.1) is 0 Å². The second-order valence-corrected chi connectivity index (χ2v) is 6.17. The summed E-state index contributed by atoms with van der Waals surface area (Å²) in [6, 6.07) is 6.61. The minimum atomic E-state index is 0.416. The molecule has 0 saturated heterocycles. The van der Waals surface area contributed by atoms with Gasteiger partial charge in [0.2, 0.25) is 0 Å². The van der Waals surface area contributed by atoms with Gasteiger partial charge in [-0.25, -0.2) is 0 Å². The molecule has 0 saturated carbocycles. The maximum atomic E-state index is 5.59. The first-order valence-corrected chi connectivity index (χ1v) is 6.75. The van der Waals surface area contributed by atoms with Crippen LogP contribution in [0.3, 0.4) is 0 Å². The van der Waals surface area contributed by atoms with Crippen LogP contribution >= 0.6 is 0 Å². The summed E-state index contributed by atoms with van der Waals surface area (Å²) < 4.78 is 5.59. The van der Waals surface area contributed by atoms with Gasteiger partial charge in [0.15, 0.2) is 0 Å². The first-order chi connectivity index (χ1) is 8.00. The lowest BCUT2D eigenvalue weighted by Crippen LogP contribution is -2.26. The van der Waals surface area contributed by atoms with E-state index in [2.05, 4.69) is 39.0 Å². The molecule has 1 unspecified atom stereocenters. The summed E-state index contributed by atoms with van der Waals surface area (Å²) in [6.45, 7) is 9.86. The van der Waals surface area contributed by atoms with Crippen LogP contribution in [-0.2, 0) is 12.8 Å². The zero-order chi connectivity index (χ0) is 12.5. The highest BCUT2D eigenvalue weighted by Crippen LogP contribution is 2.38. The fraction of sp³-hybridized carbons (Fsp3) is 0.625.